The highest BCUT2D eigenvalue weighted by Gasteiger charge is 2.35. The number of fused-ring (bicyclic) bond motifs is 5. The summed E-state index contributed by atoms with van der Waals surface area (Å²) in [5.74, 6) is 1.79. The highest BCUT2D eigenvalue weighted by molar-refractivity contribution is 6.30. The lowest BCUT2D eigenvalue weighted by Gasteiger charge is -2.42. The zero-order chi connectivity index (χ0) is 21.5. The quantitative estimate of drug-likeness (QED) is 0.658. The lowest BCUT2D eigenvalue weighted by atomic mass is 10.1. The first-order valence-corrected chi connectivity index (χ1v) is 11.5. The van der Waals surface area contributed by atoms with E-state index in [-0.39, 0.29) is 6.17 Å². The molecule has 0 amide bonds. The summed E-state index contributed by atoms with van der Waals surface area (Å²) in [6, 6.07) is 16.3. The molecule has 9 heteroatoms. The standard InChI is InChI=1S/C23H26ClN7O/c24-18-7-5-17(6-8-18)21-27-22-25-15-29(10-9-28-11-13-32-14-12-28)16-30(22)23-26-19-3-1-2-4-20(19)31(21)23/h1-8,21H,9-16H2,(H,25,27). The first kappa shape index (κ1) is 20.0. The summed E-state index contributed by atoms with van der Waals surface area (Å²) in [6.45, 7) is 7.10. The van der Waals surface area contributed by atoms with Crippen LogP contribution >= 0.6 is 11.6 Å². The van der Waals surface area contributed by atoms with E-state index < -0.39 is 0 Å². The van der Waals surface area contributed by atoms with Gasteiger partial charge in [0, 0.05) is 31.2 Å². The molecule has 2 aromatic carbocycles. The van der Waals surface area contributed by atoms with Gasteiger partial charge in [0.2, 0.25) is 11.9 Å². The van der Waals surface area contributed by atoms with Gasteiger partial charge in [-0.25, -0.2) is 9.98 Å². The summed E-state index contributed by atoms with van der Waals surface area (Å²) in [5.41, 5.74) is 3.20. The number of ether oxygens (including phenoxy) is 1. The number of para-hydroxylation sites is 2. The highest BCUT2D eigenvalue weighted by Crippen LogP contribution is 2.34. The largest absolute Gasteiger partial charge is 0.379 e. The molecule has 3 aliphatic heterocycles. The average Bonchev–Trinajstić information content (AvgIpc) is 3.23. The number of hydrogen-bond acceptors (Lipinski definition) is 7. The number of morpholine rings is 1. The first-order chi connectivity index (χ1) is 15.8. The van der Waals surface area contributed by atoms with E-state index in [2.05, 4.69) is 54.9 Å². The molecule has 1 N–H and O–H groups in total. The van der Waals surface area contributed by atoms with E-state index in [4.69, 9.17) is 26.3 Å². The minimum atomic E-state index is -0.0930. The van der Waals surface area contributed by atoms with Gasteiger partial charge in [-0.15, -0.1) is 0 Å². The molecule has 1 aromatic heterocycles. The minimum absolute atomic E-state index is 0.0930. The van der Waals surface area contributed by atoms with Crippen molar-refractivity contribution in [1.29, 1.82) is 0 Å². The van der Waals surface area contributed by atoms with Crippen LogP contribution in [0.25, 0.3) is 11.0 Å². The van der Waals surface area contributed by atoms with Crippen LogP contribution in [0.2, 0.25) is 5.02 Å². The molecule has 1 atom stereocenters. The van der Waals surface area contributed by atoms with Crippen molar-refractivity contribution >= 4 is 34.5 Å². The van der Waals surface area contributed by atoms with E-state index in [0.29, 0.717) is 6.67 Å². The summed E-state index contributed by atoms with van der Waals surface area (Å²) in [5, 5.41) is 4.38. The Hall–Kier alpha value is -2.65. The SMILES string of the molecule is Clc1ccc(C2NC3=NCN(CCN4CCOCC4)CN3c3nc4ccccc4n32)cc1. The maximum Gasteiger partial charge on any atom is 0.216 e. The third kappa shape index (κ3) is 3.63. The summed E-state index contributed by atoms with van der Waals surface area (Å²) >= 11 is 6.15. The van der Waals surface area contributed by atoms with Crippen molar-refractivity contribution < 1.29 is 4.74 Å². The lowest BCUT2D eigenvalue weighted by Crippen LogP contribution is -2.58. The maximum atomic E-state index is 6.15. The number of halogens is 1. The fourth-order valence-electron chi connectivity index (χ4n) is 4.64. The van der Waals surface area contributed by atoms with Crippen molar-refractivity contribution in [1.82, 2.24) is 24.7 Å². The topological polar surface area (TPSA) is 61.2 Å². The summed E-state index contributed by atoms with van der Waals surface area (Å²) < 4.78 is 7.74. The molecule has 0 aliphatic carbocycles. The van der Waals surface area contributed by atoms with Crippen molar-refractivity contribution in [3.63, 3.8) is 0 Å². The number of nitrogens with one attached hydrogen (secondary N) is 1. The Morgan fingerprint density at radius 1 is 1.00 bits per heavy atom. The number of guanidine groups is 1. The van der Waals surface area contributed by atoms with E-state index in [0.717, 1.165) is 79.6 Å². The van der Waals surface area contributed by atoms with Gasteiger partial charge in [0.1, 0.15) is 6.17 Å². The third-order valence-corrected chi connectivity index (χ3v) is 6.63. The van der Waals surface area contributed by atoms with Gasteiger partial charge in [-0.2, -0.15) is 0 Å². The number of benzene rings is 2. The van der Waals surface area contributed by atoms with E-state index in [1.54, 1.807) is 0 Å². The monoisotopic (exact) mass is 451 g/mol. The number of aliphatic imine (C=N–C) groups is 1. The van der Waals surface area contributed by atoms with Gasteiger partial charge in [-0.05, 0) is 29.8 Å². The van der Waals surface area contributed by atoms with Crippen LogP contribution < -0.4 is 10.2 Å². The zero-order valence-corrected chi connectivity index (χ0v) is 18.6. The van der Waals surface area contributed by atoms with Crippen LogP contribution in [0.3, 0.4) is 0 Å². The van der Waals surface area contributed by atoms with Gasteiger partial charge in [0.15, 0.2) is 0 Å². The third-order valence-electron chi connectivity index (χ3n) is 6.38. The van der Waals surface area contributed by atoms with Crippen LogP contribution in [-0.4, -0.2) is 78.0 Å². The van der Waals surface area contributed by atoms with Crippen molar-refractivity contribution in [2.75, 3.05) is 57.6 Å². The molecule has 0 saturated carbocycles. The summed E-state index contributed by atoms with van der Waals surface area (Å²) in [6.07, 6.45) is -0.0930. The second kappa shape index (κ2) is 8.37. The van der Waals surface area contributed by atoms with E-state index in [1.807, 2.05) is 18.2 Å². The fraction of sp³-hybridized carbons (Fsp3) is 0.391. The molecule has 166 valence electrons. The molecule has 4 heterocycles. The molecule has 32 heavy (non-hydrogen) atoms. The van der Waals surface area contributed by atoms with Crippen LogP contribution in [0.4, 0.5) is 5.95 Å². The second-order valence-electron chi connectivity index (χ2n) is 8.41. The molecule has 1 fully saturated rings. The molecule has 0 bridgehead atoms. The molecule has 3 aliphatic rings. The molecule has 8 nitrogen and oxygen atoms in total. The Morgan fingerprint density at radius 3 is 2.62 bits per heavy atom. The second-order valence-corrected chi connectivity index (χ2v) is 8.85. The van der Waals surface area contributed by atoms with Gasteiger partial charge in [0.25, 0.3) is 0 Å². The normalized spacial score (nSPS) is 21.7. The number of nitrogens with zero attached hydrogens (tertiary/aromatic N) is 6. The molecule has 1 unspecified atom stereocenters. The predicted molar refractivity (Wildman–Crippen MR) is 126 cm³/mol. The minimum Gasteiger partial charge on any atom is -0.379 e. The van der Waals surface area contributed by atoms with Gasteiger partial charge in [0.05, 0.1) is 37.6 Å². The van der Waals surface area contributed by atoms with Crippen LogP contribution in [0.1, 0.15) is 11.7 Å². The zero-order valence-electron chi connectivity index (χ0n) is 17.8. The lowest BCUT2D eigenvalue weighted by molar-refractivity contribution is 0.0334. The summed E-state index contributed by atoms with van der Waals surface area (Å²) in [7, 11) is 0. The van der Waals surface area contributed by atoms with Crippen LogP contribution in [0, 0.1) is 0 Å². The number of hydrogen-bond donors (Lipinski definition) is 1. The fourth-order valence-corrected chi connectivity index (χ4v) is 4.76. The smallest absolute Gasteiger partial charge is 0.216 e. The van der Waals surface area contributed by atoms with Crippen LogP contribution in [-0.2, 0) is 4.74 Å². The number of rotatable bonds is 4. The van der Waals surface area contributed by atoms with E-state index >= 15 is 0 Å². The van der Waals surface area contributed by atoms with Gasteiger partial charge in [-0.1, -0.05) is 35.9 Å². The highest BCUT2D eigenvalue weighted by atomic mass is 35.5. The number of aromatic nitrogens is 2. The summed E-state index contributed by atoms with van der Waals surface area (Å²) in [4.78, 5) is 16.9. The Morgan fingerprint density at radius 2 is 1.78 bits per heavy atom. The van der Waals surface area contributed by atoms with Gasteiger partial charge >= 0.3 is 0 Å². The van der Waals surface area contributed by atoms with E-state index in [1.165, 1.54) is 0 Å². The Kier molecular flexibility index (Phi) is 5.23. The molecule has 0 spiro atoms. The predicted octanol–water partition coefficient (Wildman–Crippen LogP) is 2.56. The van der Waals surface area contributed by atoms with Gasteiger partial charge in [-0.3, -0.25) is 19.3 Å². The molecule has 1 saturated heterocycles. The molecule has 3 aromatic rings. The molecular weight excluding hydrogens is 426 g/mol. The Labute approximate surface area is 192 Å². The van der Waals surface area contributed by atoms with Crippen molar-refractivity contribution in [2.45, 2.75) is 6.17 Å². The van der Waals surface area contributed by atoms with Gasteiger partial charge < -0.3 is 10.1 Å². The van der Waals surface area contributed by atoms with E-state index in [9.17, 15) is 0 Å². The van der Waals surface area contributed by atoms with Crippen LogP contribution in [0.15, 0.2) is 53.5 Å². The van der Waals surface area contributed by atoms with Crippen LogP contribution in [0.5, 0.6) is 0 Å². The first-order valence-electron chi connectivity index (χ1n) is 11.1. The van der Waals surface area contributed by atoms with Crippen molar-refractivity contribution in [3.8, 4) is 0 Å². The maximum absolute atomic E-state index is 6.15. The Balaban J connectivity index is 1.32. The average molecular weight is 452 g/mol. The molecular formula is C23H26ClN7O. The molecule has 6 rings (SSSR count). The van der Waals surface area contributed by atoms with Crippen molar-refractivity contribution in [3.05, 3.63) is 59.1 Å². The molecule has 0 radical (unpaired) electrons. The van der Waals surface area contributed by atoms with Crippen molar-refractivity contribution in [2.24, 2.45) is 4.99 Å². The number of anilines is 1. The Bertz CT molecular complexity index is 1140. The number of imidazole rings is 1.